The van der Waals surface area contributed by atoms with Gasteiger partial charge in [-0.05, 0) is 60.4 Å². The number of allylic oxidation sites excluding steroid dienone is 1. The van der Waals surface area contributed by atoms with Crippen LogP contribution in [0.1, 0.15) is 44.0 Å². The van der Waals surface area contributed by atoms with Gasteiger partial charge in [-0.2, -0.15) is 0 Å². The van der Waals surface area contributed by atoms with Crippen molar-refractivity contribution in [1.29, 1.82) is 0 Å². The Labute approximate surface area is 145 Å². The van der Waals surface area contributed by atoms with Gasteiger partial charge in [-0.3, -0.25) is 9.69 Å². The molecule has 1 amide bonds. The van der Waals surface area contributed by atoms with E-state index in [0.717, 1.165) is 32.8 Å². The highest BCUT2D eigenvalue weighted by molar-refractivity contribution is 14.1. The minimum absolute atomic E-state index is 0.145. The van der Waals surface area contributed by atoms with E-state index in [-0.39, 0.29) is 5.91 Å². The van der Waals surface area contributed by atoms with Gasteiger partial charge in [-0.1, -0.05) is 32.1 Å². The Morgan fingerprint density at radius 1 is 1.48 bits per heavy atom. The molecule has 1 aromatic rings. The Balaban J connectivity index is 2.24. The zero-order valence-corrected chi connectivity index (χ0v) is 15.8. The lowest BCUT2D eigenvalue weighted by Crippen LogP contribution is -2.36. The maximum Gasteiger partial charge on any atom is 0.260 e. The smallest absolute Gasteiger partial charge is 0.260 e. The summed E-state index contributed by atoms with van der Waals surface area (Å²) in [6, 6.07) is 8.17. The number of benzene rings is 1. The Kier molecular flexibility index (Phi) is 6.17. The first-order valence-corrected chi connectivity index (χ1v) is 9.48. The summed E-state index contributed by atoms with van der Waals surface area (Å²) in [7, 11) is 0. The number of halogens is 1. The van der Waals surface area contributed by atoms with Gasteiger partial charge in [0.1, 0.15) is 0 Å². The quantitative estimate of drug-likeness (QED) is 0.635. The summed E-state index contributed by atoms with van der Waals surface area (Å²) in [5, 5.41) is 1.11. The maximum absolute atomic E-state index is 13.0. The molecule has 1 saturated heterocycles. The number of amides is 1. The average molecular weight is 415 g/mol. The molecule has 2 nitrogen and oxygen atoms in total. The third-order valence-corrected chi connectivity index (χ3v) is 5.89. The Hall–Kier alpha value is -0.490. The van der Waals surface area contributed by atoms with E-state index in [0.29, 0.717) is 12.0 Å². The molecule has 1 atom stereocenters. The zero-order chi connectivity index (χ0) is 15.4. The van der Waals surface area contributed by atoms with Crippen LogP contribution in [-0.4, -0.2) is 22.6 Å². The molecule has 1 aliphatic heterocycles. The third-order valence-electron chi connectivity index (χ3n) is 3.67. The van der Waals surface area contributed by atoms with E-state index in [9.17, 15) is 4.79 Å². The summed E-state index contributed by atoms with van der Waals surface area (Å²) < 4.78 is 1.02. The molecule has 21 heavy (non-hydrogen) atoms. The van der Waals surface area contributed by atoms with Gasteiger partial charge in [0.05, 0.1) is 10.6 Å². The average Bonchev–Trinajstić information content (AvgIpc) is 2.87. The fourth-order valence-corrected chi connectivity index (χ4v) is 4.33. The maximum atomic E-state index is 13.0. The van der Waals surface area contributed by atoms with E-state index in [2.05, 4.69) is 42.5 Å². The molecule has 114 valence electrons. The van der Waals surface area contributed by atoms with Crippen molar-refractivity contribution < 1.29 is 4.79 Å². The van der Waals surface area contributed by atoms with Crippen LogP contribution in [0.2, 0.25) is 0 Å². The van der Waals surface area contributed by atoms with Crippen LogP contribution in [0.5, 0.6) is 0 Å². The lowest BCUT2D eigenvalue weighted by atomic mass is 10.0. The van der Waals surface area contributed by atoms with E-state index < -0.39 is 0 Å². The van der Waals surface area contributed by atoms with Crippen LogP contribution in [0, 0.1) is 9.49 Å². The van der Waals surface area contributed by atoms with E-state index >= 15 is 0 Å². The molecule has 0 N–H and O–H groups in total. The van der Waals surface area contributed by atoms with Gasteiger partial charge in [0.25, 0.3) is 5.91 Å². The van der Waals surface area contributed by atoms with Gasteiger partial charge in [-0.15, -0.1) is 11.8 Å². The molecule has 0 spiro atoms. The van der Waals surface area contributed by atoms with Crippen molar-refractivity contribution in [3.8, 4) is 0 Å². The Bertz CT molecular complexity index is 541. The summed E-state index contributed by atoms with van der Waals surface area (Å²) in [5.74, 6) is 1.84. The van der Waals surface area contributed by atoms with Crippen molar-refractivity contribution >= 4 is 40.3 Å². The molecular weight excluding hydrogens is 393 g/mol. The summed E-state index contributed by atoms with van der Waals surface area (Å²) in [4.78, 5) is 15.0. The predicted molar refractivity (Wildman–Crippen MR) is 99.4 cm³/mol. The second kappa shape index (κ2) is 7.68. The summed E-state index contributed by atoms with van der Waals surface area (Å²) >= 11 is 4.05. The van der Waals surface area contributed by atoms with Crippen molar-refractivity contribution in [3.63, 3.8) is 0 Å². The normalized spacial score (nSPS) is 20.5. The molecular formula is C17H22INOS. The highest BCUT2D eigenvalue weighted by Gasteiger charge is 2.34. The first-order valence-electron chi connectivity index (χ1n) is 7.41. The van der Waals surface area contributed by atoms with E-state index in [1.165, 1.54) is 0 Å². The molecule has 1 aromatic carbocycles. The molecule has 0 unspecified atom stereocenters. The van der Waals surface area contributed by atoms with Crippen LogP contribution in [0.25, 0.3) is 0 Å². The van der Waals surface area contributed by atoms with Crippen LogP contribution in [0.4, 0.5) is 0 Å². The van der Waals surface area contributed by atoms with Gasteiger partial charge in [0.15, 0.2) is 0 Å². The van der Waals surface area contributed by atoms with Crippen LogP contribution < -0.4 is 0 Å². The highest BCUT2D eigenvalue weighted by Crippen LogP contribution is 2.36. The summed E-state index contributed by atoms with van der Waals surface area (Å²) in [6.45, 7) is 6.50. The molecule has 0 radical (unpaired) electrons. The van der Waals surface area contributed by atoms with Crippen LogP contribution in [0.15, 0.2) is 35.4 Å². The molecule has 4 heteroatoms. The third kappa shape index (κ3) is 4.03. The molecule has 1 fully saturated rings. The van der Waals surface area contributed by atoms with Gasteiger partial charge >= 0.3 is 0 Å². The van der Waals surface area contributed by atoms with Gasteiger partial charge in [-0.25, -0.2) is 0 Å². The fourth-order valence-electron chi connectivity index (χ4n) is 2.50. The second-order valence-corrected chi connectivity index (χ2v) is 7.92. The molecule has 0 saturated carbocycles. The zero-order valence-electron chi connectivity index (χ0n) is 12.8. The van der Waals surface area contributed by atoms with E-state index in [1.807, 2.05) is 36.1 Å². The largest absolute Gasteiger partial charge is 0.299 e. The first-order chi connectivity index (χ1) is 10.0. The van der Waals surface area contributed by atoms with Gasteiger partial charge in [0, 0.05) is 15.4 Å². The highest BCUT2D eigenvalue weighted by atomic mass is 127. The predicted octanol–water partition coefficient (Wildman–Crippen LogP) is 5.15. The topological polar surface area (TPSA) is 20.3 Å². The number of thioether (sulfide) groups is 1. The van der Waals surface area contributed by atoms with Crippen molar-refractivity contribution in [2.75, 3.05) is 5.75 Å². The van der Waals surface area contributed by atoms with Crippen LogP contribution >= 0.6 is 34.4 Å². The number of rotatable bonds is 4. The van der Waals surface area contributed by atoms with Crippen LogP contribution in [0.3, 0.4) is 0 Å². The van der Waals surface area contributed by atoms with Gasteiger partial charge in [0.2, 0.25) is 0 Å². The fraction of sp³-hybridized carbons (Fsp3) is 0.471. The minimum Gasteiger partial charge on any atom is -0.299 e. The summed E-state index contributed by atoms with van der Waals surface area (Å²) in [5.41, 5.74) is 0.814. The molecule has 1 aliphatic rings. The van der Waals surface area contributed by atoms with Crippen LogP contribution in [-0.2, 0) is 0 Å². The van der Waals surface area contributed by atoms with Crippen molar-refractivity contribution in [2.45, 2.75) is 39.7 Å². The van der Waals surface area contributed by atoms with Crippen molar-refractivity contribution in [3.05, 3.63) is 44.5 Å². The second-order valence-electron chi connectivity index (χ2n) is 5.72. The van der Waals surface area contributed by atoms with Crippen molar-refractivity contribution in [2.24, 2.45) is 5.92 Å². The lowest BCUT2D eigenvalue weighted by Gasteiger charge is -2.26. The monoisotopic (exact) mass is 415 g/mol. The lowest BCUT2D eigenvalue weighted by molar-refractivity contribution is 0.0773. The number of carbonyl (C=O) groups excluding carboxylic acids is 1. The standard InChI is InChI=1S/C17H22INOS/c1-4-16-19(13(11-21-16)10-9-12(2)3)17(20)14-7-5-6-8-15(14)18/h4-8,12-13H,9-11H2,1-3H3/b16-4-/t13-/m0/s1. The Morgan fingerprint density at radius 2 is 2.19 bits per heavy atom. The van der Waals surface area contributed by atoms with E-state index in [1.54, 1.807) is 11.8 Å². The number of nitrogens with zero attached hydrogens (tertiary/aromatic N) is 1. The molecule has 2 rings (SSSR count). The number of hydrogen-bond donors (Lipinski definition) is 0. The molecule has 0 aromatic heterocycles. The first kappa shape index (κ1) is 16.9. The number of hydrogen-bond acceptors (Lipinski definition) is 2. The Morgan fingerprint density at radius 3 is 2.81 bits per heavy atom. The van der Waals surface area contributed by atoms with Gasteiger partial charge < -0.3 is 0 Å². The molecule has 0 aliphatic carbocycles. The minimum atomic E-state index is 0.145. The molecule has 1 heterocycles. The molecule has 0 bridgehead atoms. The van der Waals surface area contributed by atoms with E-state index in [4.69, 9.17) is 0 Å². The summed E-state index contributed by atoms with van der Waals surface area (Å²) in [6.07, 6.45) is 4.31. The number of carbonyl (C=O) groups is 1. The SMILES string of the molecule is C/C=C1\SC[C@H](CCC(C)C)N1C(=O)c1ccccc1I. The van der Waals surface area contributed by atoms with Crippen molar-refractivity contribution in [1.82, 2.24) is 4.90 Å².